The van der Waals surface area contributed by atoms with Crippen molar-refractivity contribution in [2.75, 3.05) is 58.3 Å². The molecular weight excluding hydrogens is 342 g/mol. The smallest absolute Gasteiger partial charge is 0.238 e. The number of hydrogen-bond donors (Lipinski definition) is 1. The van der Waals surface area contributed by atoms with Gasteiger partial charge in [0.2, 0.25) is 5.91 Å². The van der Waals surface area contributed by atoms with Crippen LogP contribution >= 0.6 is 11.6 Å². The topological polar surface area (TPSA) is 54.0 Å². The number of ether oxygens (including phenoxy) is 2. The Labute approximate surface area is 154 Å². The van der Waals surface area contributed by atoms with E-state index < -0.39 is 0 Å². The maximum absolute atomic E-state index is 12.3. The molecule has 0 aromatic heterocycles. The molecule has 1 amide bonds. The predicted octanol–water partition coefficient (Wildman–Crippen LogP) is 2.08. The quantitative estimate of drug-likeness (QED) is 0.834. The van der Waals surface area contributed by atoms with Gasteiger partial charge in [0.15, 0.2) is 0 Å². The third-order valence-electron chi connectivity index (χ3n) is 4.75. The summed E-state index contributed by atoms with van der Waals surface area (Å²) in [5, 5.41) is 3.46. The summed E-state index contributed by atoms with van der Waals surface area (Å²) in [7, 11) is 1.58. The number of rotatable bonds is 6. The van der Waals surface area contributed by atoms with E-state index in [0.717, 1.165) is 39.3 Å². The van der Waals surface area contributed by atoms with Crippen LogP contribution in [0.3, 0.4) is 0 Å². The van der Waals surface area contributed by atoms with Crippen molar-refractivity contribution in [3.63, 3.8) is 0 Å². The van der Waals surface area contributed by atoms with Crippen LogP contribution in [0.25, 0.3) is 0 Å². The SMILES string of the molecule is COc1ccc(Cl)cc1NC(=O)CN1CCN(CC2CCCO2)CC1. The van der Waals surface area contributed by atoms with Gasteiger partial charge in [0.25, 0.3) is 0 Å². The van der Waals surface area contributed by atoms with Crippen molar-refractivity contribution in [2.45, 2.75) is 18.9 Å². The molecule has 0 saturated carbocycles. The predicted molar refractivity (Wildman–Crippen MR) is 98.5 cm³/mol. The number of piperazine rings is 1. The molecule has 1 N–H and O–H groups in total. The van der Waals surface area contributed by atoms with Crippen molar-refractivity contribution in [1.82, 2.24) is 9.80 Å². The molecule has 0 bridgehead atoms. The average Bonchev–Trinajstić information content (AvgIpc) is 3.10. The molecule has 25 heavy (non-hydrogen) atoms. The van der Waals surface area contributed by atoms with Gasteiger partial charge in [-0.1, -0.05) is 11.6 Å². The third-order valence-corrected chi connectivity index (χ3v) is 4.99. The van der Waals surface area contributed by atoms with Gasteiger partial charge in [-0.15, -0.1) is 0 Å². The van der Waals surface area contributed by atoms with E-state index in [9.17, 15) is 4.79 Å². The largest absolute Gasteiger partial charge is 0.495 e. The van der Waals surface area contributed by atoms with Gasteiger partial charge in [0.1, 0.15) is 5.75 Å². The summed E-state index contributed by atoms with van der Waals surface area (Å²) in [5.74, 6) is 0.562. The Bertz CT molecular complexity index is 585. The molecule has 2 aliphatic rings. The Kier molecular flexibility index (Phi) is 6.53. The lowest BCUT2D eigenvalue weighted by Crippen LogP contribution is -2.50. The average molecular weight is 368 g/mol. The second-order valence-electron chi connectivity index (χ2n) is 6.60. The number of methoxy groups -OCH3 is 1. The fourth-order valence-corrected chi connectivity index (χ4v) is 3.55. The zero-order valence-electron chi connectivity index (χ0n) is 14.7. The fraction of sp³-hybridized carbons (Fsp3) is 0.611. The molecule has 6 nitrogen and oxygen atoms in total. The van der Waals surface area contributed by atoms with Crippen LogP contribution in [0.15, 0.2) is 18.2 Å². The first kappa shape index (κ1) is 18.5. The van der Waals surface area contributed by atoms with E-state index in [2.05, 4.69) is 15.1 Å². The lowest BCUT2D eigenvalue weighted by molar-refractivity contribution is -0.117. The number of nitrogens with one attached hydrogen (secondary N) is 1. The number of anilines is 1. The van der Waals surface area contributed by atoms with E-state index in [1.165, 1.54) is 12.8 Å². The van der Waals surface area contributed by atoms with Gasteiger partial charge in [-0.25, -0.2) is 0 Å². The molecule has 0 spiro atoms. The highest BCUT2D eigenvalue weighted by Crippen LogP contribution is 2.27. The van der Waals surface area contributed by atoms with Crippen molar-refractivity contribution in [3.05, 3.63) is 23.2 Å². The Morgan fingerprint density at radius 3 is 2.76 bits per heavy atom. The first-order chi connectivity index (χ1) is 12.1. The maximum Gasteiger partial charge on any atom is 0.238 e. The highest BCUT2D eigenvalue weighted by atomic mass is 35.5. The Morgan fingerprint density at radius 1 is 1.32 bits per heavy atom. The van der Waals surface area contributed by atoms with Crippen molar-refractivity contribution in [2.24, 2.45) is 0 Å². The van der Waals surface area contributed by atoms with Crippen molar-refractivity contribution in [1.29, 1.82) is 0 Å². The number of carbonyl (C=O) groups is 1. The summed E-state index contributed by atoms with van der Waals surface area (Å²) in [4.78, 5) is 16.9. The molecule has 0 aliphatic carbocycles. The minimum atomic E-state index is -0.0480. The summed E-state index contributed by atoms with van der Waals surface area (Å²) in [6.45, 7) is 6.04. The molecule has 7 heteroatoms. The third kappa shape index (κ3) is 5.31. The molecule has 2 fully saturated rings. The van der Waals surface area contributed by atoms with Crippen molar-refractivity contribution in [3.8, 4) is 5.75 Å². The van der Waals surface area contributed by atoms with E-state index >= 15 is 0 Å². The zero-order valence-corrected chi connectivity index (χ0v) is 15.4. The number of nitrogens with zero attached hydrogens (tertiary/aromatic N) is 2. The van der Waals surface area contributed by atoms with E-state index in [0.29, 0.717) is 29.1 Å². The Hall–Kier alpha value is -1.34. The summed E-state index contributed by atoms with van der Waals surface area (Å²) >= 11 is 6.00. The Morgan fingerprint density at radius 2 is 2.08 bits per heavy atom. The van der Waals surface area contributed by atoms with Gasteiger partial charge in [-0.3, -0.25) is 14.6 Å². The first-order valence-corrected chi connectivity index (χ1v) is 9.21. The molecular formula is C18H26ClN3O3. The molecule has 1 atom stereocenters. The van der Waals surface area contributed by atoms with Crippen LogP contribution in [0.4, 0.5) is 5.69 Å². The normalized spacial score (nSPS) is 22.1. The fourth-order valence-electron chi connectivity index (χ4n) is 3.38. The van der Waals surface area contributed by atoms with E-state index in [1.54, 1.807) is 25.3 Å². The number of amides is 1. The molecule has 2 aliphatic heterocycles. The maximum atomic E-state index is 12.3. The summed E-state index contributed by atoms with van der Waals surface area (Å²) < 4.78 is 11.0. The minimum absolute atomic E-state index is 0.0480. The summed E-state index contributed by atoms with van der Waals surface area (Å²) in [6.07, 6.45) is 2.74. The van der Waals surface area contributed by atoms with Crippen molar-refractivity contribution < 1.29 is 14.3 Å². The number of halogens is 1. The summed E-state index contributed by atoms with van der Waals surface area (Å²) in [6, 6.07) is 5.20. The molecule has 1 aromatic carbocycles. The monoisotopic (exact) mass is 367 g/mol. The highest BCUT2D eigenvalue weighted by Gasteiger charge is 2.23. The molecule has 138 valence electrons. The minimum Gasteiger partial charge on any atom is -0.495 e. The van der Waals surface area contributed by atoms with E-state index in [1.807, 2.05) is 0 Å². The lowest BCUT2D eigenvalue weighted by atomic mass is 10.2. The van der Waals surface area contributed by atoms with E-state index in [-0.39, 0.29) is 5.91 Å². The van der Waals surface area contributed by atoms with Gasteiger partial charge >= 0.3 is 0 Å². The van der Waals surface area contributed by atoms with Crippen molar-refractivity contribution >= 4 is 23.2 Å². The van der Waals surface area contributed by atoms with Crippen LogP contribution in [0.2, 0.25) is 5.02 Å². The van der Waals surface area contributed by atoms with Gasteiger partial charge in [0, 0.05) is 44.4 Å². The Balaban J connectivity index is 1.44. The number of benzene rings is 1. The van der Waals surface area contributed by atoms with Gasteiger partial charge in [0.05, 0.1) is 25.4 Å². The van der Waals surface area contributed by atoms with Crippen LogP contribution in [-0.2, 0) is 9.53 Å². The first-order valence-electron chi connectivity index (χ1n) is 8.84. The number of hydrogen-bond acceptors (Lipinski definition) is 5. The van der Waals surface area contributed by atoms with Gasteiger partial charge in [-0.05, 0) is 31.0 Å². The van der Waals surface area contributed by atoms with Crippen LogP contribution in [0.1, 0.15) is 12.8 Å². The lowest BCUT2D eigenvalue weighted by Gasteiger charge is -2.35. The molecule has 2 heterocycles. The van der Waals surface area contributed by atoms with Crippen LogP contribution in [0.5, 0.6) is 5.75 Å². The van der Waals surface area contributed by atoms with Crippen LogP contribution < -0.4 is 10.1 Å². The number of carbonyl (C=O) groups excluding carboxylic acids is 1. The second-order valence-corrected chi connectivity index (χ2v) is 7.04. The molecule has 1 unspecified atom stereocenters. The molecule has 0 radical (unpaired) electrons. The second kappa shape index (κ2) is 8.85. The molecule has 3 rings (SSSR count). The van der Waals surface area contributed by atoms with Crippen LogP contribution in [0, 0.1) is 0 Å². The van der Waals surface area contributed by atoms with Gasteiger partial charge < -0.3 is 14.8 Å². The summed E-state index contributed by atoms with van der Waals surface area (Å²) in [5.41, 5.74) is 0.608. The molecule has 2 saturated heterocycles. The molecule has 1 aromatic rings. The van der Waals surface area contributed by atoms with Crippen LogP contribution in [-0.4, -0.2) is 74.8 Å². The van der Waals surface area contributed by atoms with Gasteiger partial charge in [-0.2, -0.15) is 0 Å². The zero-order chi connectivity index (χ0) is 17.6. The highest BCUT2D eigenvalue weighted by molar-refractivity contribution is 6.31. The standard InChI is InChI=1S/C18H26ClN3O3/c1-24-17-5-4-14(19)11-16(17)20-18(23)13-22-8-6-21(7-9-22)12-15-3-2-10-25-15/h4-5,11,15H,2-3,6-10,12-13H2,1H3,(H,20,23). The van der Waals surface area contributed by atoms with E-state index in [4.69, 9.17) is 21.1 Å².